The molecule has 11 aromatic carbocycles. The maximum absolute atomic E-state index is 2.52. The average molecular weight is 883 g/mol. The van der Waals surface area contributed by atoms with E-state index >= 15 is 0 Å². The summed E-state index contributed by atoms with van der Waals surface area (Å²) in [4.78, 5) is 5.03. The van der Waals surface area contributed by atoms with Crippen molar-refractivity contribution in [2.75, 3.05) is 4.90 Å². The zero-order valence-electron chi connectivity index (χ0n) is 37.1. The third kappa shape index (κ3) is 5.66. The Hall–Kier alpha value is -8.37. The first kappa shape index (κ1) is 38.9. The molecule has 3 heteroatoms. The second kappa shape index (κ2) is 15.4. The molecule has 2 heterocycles. The van der Waals surface area contributed by atoms with Crippen molar-refractivity contribution in [3.63, 3.8) is 0 Å². The lowest BCUT2D eigenvalue weighted by Crippen LogP contribution is -2.36. The molecule has 12 aromatic rings. The standard InChI is InChI=1S/C65H42N2S/c1-4-19-43(20-5-1)49-29-18-30-50(44-21-6-2-7-22-44)64(49)67-59-35-14-11-28-52(59)53-39-37-48(42-60(53)67)66(46-25-8-3-9-26-46)47-38-40-62-58(41-47)65(56-33-13-15-36-61(56)68-62)55-32-12-10-27-51(55)54-31-16-23-45-24-17-34-57(65)63(45)54/h1-42H. The molecule has 0 radical (unpaired) electrons. The van der Waals surface area contributed by atoms with Crippen molar-refractivity contribution in [3.05, 3.63) is 277 Å². The van der Waals surface area contributed by atoms with Crippen LogP contribution in [0.2, 0.25) is 0 Å². The summed E-state index contributed by atoms with van der Waals surface area (Å²) in [5, 5.41) is 5.03. The summed E-state index contributed by atoms with van der Waals surface area (Å²) < 4.78 is 2.52. The maximum Gasteiger partial charge on any atom is 0.0736 e. The van der Waals surface area contributed by atoms with E-state index in [0.29, 0.717) is 0 Å². The molecule has 0 saturated carbocycles. The predicted octanol–water partition coefficient (Wildman–Crippen LogP) is 17.6. The van der Waals surface area contributed by atoms with E-state index in [1.54, 1.807) is 0 Å². The van der Waals surface area contributed by atoms with Crippen molar-refractivity contribution < 1.29 is 0 Å². The van der Waals surface area contributed by atoms with Gasteiger partial charge in [0.15, 0.2) is 0 Å². The van der Waals surface area contributed by atoms with E-state index in [4.69, 9.17) is 0 Å². The second-order valence-corrected chi connectivity index (χ2v) is 19.0. The lowest BCUT2D eigenvalue weighted by molar-refractivity contribution is 0.707. The zero-order chi connectivity index (χ0) is 44.8. The van der Waals surface area contributed by atoms with Gasteiger partial charge in [0.1, 0.15) is 0 Å². The lowest BCUT2D eigenvalue weighted by atomic mass is 9.59. The predicted molar refractivity (Wildman–Crippen MR) is 285 cm³/mol. The van der Waals surface area contributed by atoms with E-state index in [9.17, 15) is 0 Å². The first-order chi connectivity index (χ1) is 33.8. The highest BCUT2D eigenvalue weighted by Gasteiger charge is 2.48. The van der Waals surface area contributed by atoms with Crippen molar-refractivity contribution in [3.8, 4) is 39.1 Å². The molecular formula is C65H42N2S. The molecule has 14 rings (SSSR count). The van der Waals surface area contributed by atoms with Gasteiger partial charge in [-0.15, -0.1) is 0 Å². The molecule has 0 N–H and O–H groups in total. The van der Waals surface area contributed by atoms with Crippen LogP contribution >= 0.6 is 11.8 Å². The first-order valence-electron chi connectivity index (χ1n) is 23.4. The lowest BCUT2D eigenvalue weighted by Gasteiger charge is -2.46. The number of para-hydroxylation sites is 3. The normalized spacial score (nSPS) is 14.5. The van der Waals surface area contributed by atoms with Gasteiger partial charge in [0.25, 0.3) is 0 Å². The highest BCUT2D eigenvalue weighted by Crippen LogP contribution is 2.62. The number of anilines is 3. The van der Waals surface area contributed by atoms with Gasteiger partial charge in [-0.1, -0.05) is 212 Å². The number of hydrogen-bond acceptors (Lipinski definition) is 2. The van der Waals surface area contributed by atoms with Crippen LogP contribution < -0.4 is 4.90 Å². The number of fused-ring (bicyclic) bond motifs is 11. The number of aromatic nitrogens is 1. The van der Waals surface area contributed by atoms with E-state index in [2.05, 4.69) is 264 Å². The van der Waals surface area contributed by atoms with E-state index in [-0.39, 0.29) is 0 Å². The van der Waals surface area contributed by atoms with Crippen molar-refractivity contribution in [1.29, 1.82) is 0 Å². The summed E-state index contributed by atoms with van der Waals surface area (Å²) in [6, 6.07) is 94.5. The molecule has 318 valence electrons. The van der Waals surface area contributed by atoms with Crippen molar-refractivity contribution >= 4 is 61.4 Å². The molecule has 1 atom stereocenters. The van der Waals surface area contributed by atoms with Crippen LogP contribution in [0.15, 0.2) is 265 Å². The summed E-state index contributed by atoms with van der Waals surface area (Å²) >= 11 is 1.89. The molecule has 1 spiro atoms. The summed E-state index contributed by atoms with van der Waals surface area (Å²) in [7, 11) is 0. The fraction of sp³-hybridized carbons (Fsp3) is 0.0154. The van der Waals surface area contributed by atoms with Crippen LogP contribution in [0, 0.1) is 0 Å². The van der Waals surface area contributed by atoms with Crippen LogP contribution in [0.4, 0.5) is 17.1 Å². The summed E-state index contributed by atoms with van der Waals surface area (Å²) in [5.41, 5.74) is 18.8. The maximum atomic E-state index is 2.52. The smallest absolute Gasteiger partial charge is 0.0736 e. The van der Waals surface area contributed by atoms with Crippen LogP contribution in [-0.4, -0.2) is 4.57 Å². The molecule has 68 heavy (non-hydrogen) atoms. The molecule has 1 aliphatic heterocycles. The Morgan fingerprint density at radius 1 is 0.338 bits per heavy atom. The molecule has 0 saturated heterocycles. The Kier molecular flexibility index (Phi) is 8.77. The summed E-state index contributed by atoms with van der Waals surface area (Å²) in [6.45, 7) is 0. The van der Waals surface area contributed by atoms with Gasteiger partial charge in [0.2, 0.25) is 0 Å². The minimum atomic E-state index is -0.564. The molecule has 1 aromatic heterocycles. The van der Waals surface area contributed by atoms with E-state index < -0.39 is 5.41 Å². The highest BCUT2D eigenvalue weighted by atomic mass is 32.2. The average Bonchev–Trinajstić information content (AvgIpc) is 3.74. The first-order valence-corrected chi connectivity index (χ1v) is 24.2. The van der Waals surface area contributed by atoms with Crippen molar-refractivity contribution in [1.82, 2.24) is 4.57 Å². The number of nitrogens with zero attached hydrogens (tertiary/aromatic N) is 2. The second-order valence-electron chi connectivity index (χ2n) is 17.9. The monoisotopic (exact) mass is 882 g/mol. The molecule has 0 amide bonds. The Balaban J connectivity index is 1.05. The van der Waals surface area contributed by atoms with Crippen LogP contribution in [0.1, 0.15) is 22.3 Å². The molecule has 0 bridgehead atoms. The van der Waals surface area contributed by atoms with Gasteiger partial charge in [-0.25, -0.2) is 0 Å². The molecule has 2 aliphatic rings. The van der Waals surface area contributed by atoms with Gasteiger partial charge in [-0.05, 0) is 110 Å². The highest BCUT2D eigenvalue weighted by molar-refractivity contribution is 7.99. The SMILES string of the molecule is c1ccc(-c2cccc(-c3ccccc3)c2-n2c3ccccc3c3ccc(N(c4ccccc4)c4ccc5c(c4)C4(c6ccccc6S5)c5ccccc5-c5cccc6cccc4c56)cc32)cc1. The zero-order valence-corrected chi connectivity index (χ0v) is 37.9. The number of rotatable bonds is 6. The third-order valence-corrected chi connectivity index (χ3v) is 15.6. The van der Waals surface area contributed by atoms with Gasteiger partial charge in [-0.3, -0.25) is 0 Å². The van der Waals surface area contributed by atoms with Gasteiger partial charge in [0, 0.05) is 48.8 Å². The van der Waals surface area contributed by atoms with Crippen molar-refractivity contribution in [2.24, 2.45) is 0 Å². The Morgan fingerprint density at radius 2 is 0.882 bits per heavy atom. The Bertz CT molecular complexity index is 3890. The topological polar surface area (TPSA) is 8.17 Å². The third-order valence-electron chi connectivity index (χ3n) is 14.4. The van der Waals surface area contributed by atoms with Crippen LogP contribution in [-0.2, 0) is 5.41 Å². The minimum absolute atomic E-state index is 0.564. The Morgan fingerprint density at radius 3 is 1.66 bits per heavy atom. The van der Waals surface area contributed by atoms with E-state index in [1.807, 2.05) is 11.8 Å². The summed E-state index contributed by atoms with van der Waals surface area (Å²) in [6.07, 6.45) is 0. The Labute approximate surface area is 400 Å². The fourth-order valence-electron chi connectivity index (χ4n) is 11.7. The number of hydrogen-bond donors (Lipinski definition) is 0. The minimum Gasteiger partial charge on any atom is -0.310 e. The van der Waals surface area contributed by atoms with Crippen LogP contribution in [0.5, 0.6) is 0 Å². The van der Waals surface area contributed by atoms with E-state index in [0.717, 1.165) is 28.3 Å². The van der Waals surface area contributed by atoms with Gasteiger partial charge < -0.3 is 9.47 Å². The largest absolute Gasteiger partial charge is 0.310 e. The molecule has 2 nitrogen and oxygen atoms in total. The molecule has 1 unspecified atom stereocenters. The molecule has 1 aliphatic carbocycles. The van der Waals surface area contributed by atoms with E-state index in [1.165, 1.54) is 92.5 Å². The number of benzene rings is 11. The molecular weight excluding hydrogens is 841 g/mol. The van der Waals surface area contributed by atoms with Gasteiger partial charge in [-0.2, -0.15) is 0 Å². The van der Waals surface area contributed by atoms with Gasteiger partial charge >= 0.3 is 0 Å². The van der Waals surface area contributed by atoms with Crippen LogP contribution in [0.3, 0.4) is 0 Å². The molecule has 0 fully saturated rings. The van der Waals surface area contributed by atoms with Crippen molar-refractivity contribution in [2.45, 2.75) is 15.2 Å². The fourth-order valence-corrected chi connectivity index (χ4v) is 12.8. The quantitative estimate of drug-likeness (QED) is 0.164. The van der Waals surface area contributed by atoms with Crippen LogP contribution in [0.25, 0.3) is 71.6 Å². The summed E-state index contributed by atoms with van der Waals surface area (Å²) in [5.74, 6) is 0. The van der Waals surface area contributed by atoms with Gasteiger partial charge in [0.05, 0.1) is 22.1 Å².